The zero-order valence-corrected chi connectivity index (χ0v) is 11.4. The summed E-state index contributed by atoms with van der Waals surface area (Å²) in [6.45, 7) is 0.449. The van der Waals surface area contributed by atoms with E-state index in [4.69, 9.17) is 4.42 Å². The van der Waals surface area contributed by atoms with Crippen molar-refractivity contribution in [1.82, 2.24) is 10.3 Å². The number of aromatic nitrogens is 1. The largest absolute Gasteiger partial charge is 0.443 e. The topological polar surface area (TPSA) is 55.1 Å². The summed E-state index contributed by atoms with van der Waals surface area (Å²) < 4.78 is 5.41. The van der Waals surface area contributed by atoms with Crippen molar-refractivity contribution < 1.29 is 9.21 Å². The van der Waals surface area contributed by atoms with Crippen LogP contribution in [-0.4, -0.2) is 10.9 Å². The van der Waals surface area contributed by atoms with E-state index < -0.39 is 0 Å². The fourth-order valence-corrected chi connectivity index (χ4v) is 3.07. The van der Waals surface area contributed by atoms with Gasteiger partial charge < -0.3 is 9.73 Å². The first-order valence-electron chi connectivity index (χ1n) is 6.59. The molecule has 1 fully saturated rings. The highest BCUT2D eigenvalue weighted by Crippen LogP contribution is 2.25. The Morgan fingerprint density at radius 1 is 1.47 bits per heavy atom. The molecule has 5 heteroatoms. The van der Waals surface area contributed by atoms with E-state index in [1.807, 2.05) is 17.5 Å². The van der Waals surface area contributed by atoms with Crippen LogP contribution in [0, 0.1) is 5.92 Å². The molecule has 3 rings (SSSR count). The van der Waals surface area contributed by atoms with Crippen LogP contribution in [0.25, 0.3) is 10.8 Å². The van der Waals surface area contributed by atoms with Crippen molar-refractivity contribution in [3.05, 3.63) is 29.5 Å². The van der Waals surface area contributed by atoms with Crippen LogP contribution in [0.3, 0.4) is 0 Å². The second-order valence-electron chi connectivity index (χ2n) is 4.82. The summed E-state index contributed by atoms with van der Waals surface area (Å²) in [6.07, 6.45) is 6.00. The molecular weight excluding hydrogens is 260 g/mol. The summed E-state index contributed by atoms with van der Waals surface area (Å²) in [7, 11) is 0. The van der Waals surface area contributed by atoms with Crippen LogP contribution in [0.2, 0.25) is 0 Å². The lowest BCUT2D eigenvalue weighted by Crippen LogP contribution is -2.28. The Morgan fingerprint density at radius 2 is 2.32 bits per heavy atom. The minimum absolute atomic E-state index is 0.151. The lowest BCUT2D eigenvalue weighted by atomic mass is 10.1. The monoisotopic (exact) mass is 276 g/mol. The lowest BCUT2D eigenvalue weighted by molar-refractivity contribution is -0.124. The van der Waals surface area contributed by atoms with Gasteiger partial charge in [0.05, 0.1) is 17.1 Å². The zero-order chi connectivity index (χ0) is 13.1. The van der Waals surface area contributed by atoms with Crippen molar-refractivity contribution >= 4 is 17.2 Å². The van der Waals surface area contributed by atoms with Gasteiger partial charge in [-0.1, -0.05) is 18.9 Å². The molecule has 0 aromatic carbocycles. The Kier molecular flexibility index (Phi) is 3.64. The molecule has 2 heterocycles. The molecule has 1 amide bonds. The fraction of sp³-hybridized carbons (Fsp3) is 0.429. The van der Waals surface area contributed by atoms with Crippen LogP contribution in [0.5, 0.6) is 0 Å². The van der Waals surface area contributed by atoms with Crippen LogP contribution in [0.15, 0.2) is 28.2 Å². The Hall–Kier alpha value is -1.62. The molecule has 100 valence electrons. The van der Waals surface area contributed by atoms with Gasteiger partial charge in [-0.15, -0.1) is 11.3 Å². The molecule has 4 nitrogen and oxygen atoms in total. The number of oxazole rings is 1. The maximum absolute atomic E-state index is 11.9. The quantitative estimate of drug-likeness (QED) is 0.933. The summed E-state index contributed by atoms with van der Waals surface area (Å²) in [5, 5.41) is 4.93. The maximum atomic E-state index is 11.9. The van der Waals surface area contributed by atoms with Crippen LogP contribution >= 0.6 is 11.3 Å². The number of amides is 1. The van der Waals surface area contributed by atoms with Gasteiger partial charge in [0.25, 0.3) is 0 Å². The first kappa shape index (κ1) is 12.4. The first-order chi connectivity index (χ1) is 9.33. The van der Waals surface area contributed by atoms with Crippen molar-refractivity contribution in [1.29, 1.82) is 0 Å². The molecule has 1 N–H and O–H groups in total. The Bertz CT molecular complexity index is 542. The Morgan fingerprint density at radius 3 is 3.05 bits per heavy atom. The highest BCUT2D eigenvalue weighted by Gasteiger charge is 2.22. The van der Waals surface area contributed by atoms with E-state index in [9.17, 15) is 4.79 Å². The number of rotatable bonds is 4. The standard InChI is InChI=1S/C14H16N2O2S/c17-13(10-4-1-2-5-10)15-8-11-9-18-14(16-11)12-6-3-7-19-12/h3,6-7,9-10H,1-2,4-5,8H2,(H,15,17). The smallest absolute Gasteiger partial charge is 0.236 e. The van der Waals surface area contributed by atoms with Crippen LogP contribution in [0.4, 0.5) is 0 Å². The molecule has 0 bridgehead atoms. The third-order valence-corrected chi connectivity index (χ3v) is 4.31. The van der Waals surface area contributed by atoms with Gasteiger partial charge >= 0.3 is 0 Å². The van der Waals surface area contributed by atoms with E-state index >= 15 is 0 Å². The molecule has 0 saturated heterocycles. The van der Waals surface area contributed by atoms with Crippen LogP contribution < -0.4 is 5.32 Å². The van der Waals surface area contributed by atoms with Crippen molar-refractivity contribution in [2.75, 3.05) is 0 Å². The summed E-state index contributed by atoms with van der Waals surface area (Å²) in [4.78, 5) is 17.3. The van der Waals surface area contributed by atoms with E-state index in [1.165, 1.54) is 12.8 Å². The minimum Gasteiger partial charge on any atom is -0.443 e. The van der Waals surface area contributed by atoms with Crippen molar-refractivity contribution in [2.24, 2.45) is 5.92 Å². The average Bonchev–Trinajstić information content (AvgIpc) is 3.14. The van der Waals surface area contributed by atoms with E-state index in [2.05, 4.69) is 10.3 Å². The molecule has 0 radical (unpaired) electrons. The van der Waals surface area contributed by atoms with E-state index in [-0.39, 0.29) is 11.8 Å². The van der Waals surface area contributed by atoms with Crippen molar-refractivity contribution in [2.45, 2.75) is 32.2 Å². The highest BCUT2D eigenvalue weighted by molar-refractivity contribution is 7.13. The highest BCUT2D eigenvalue weighted by atomic mass is 32.1. The summed E-state index contributed by atoms with van der Waals surface area (Å²) in [5.74, 6) is 0.974. The Labute approximate surface area is 115 Å². The third-order valence-electron chi connectivity index (χ3n) is 3.45. The van der Waals surface area contributed by atoms with Gasteiger partial charge in [-0.3, -0.25) is 4.79 Å². The van der Waals surface area contributed by atoms with Gasteiger partial charge in [-0.05, 0) is 24.3 Å². The molecule has 19 heavy (non-hydrogen) atoms. The van der Waals surface area contributed by atoms with Gasteiger partial charge in [0.15, 0.2) is 0 Å². The second-order valence-corrected chi connectivity index (χ2v) is 5.77. The van der Waals surface area contributed by atoms with E-state index in [1.54, 1.807) is 17.6 Å². The number of carbonyl (C=O) groups excluding carboxylic acids is 1. The molecule has 2 aromatic rings. The van der Waals surface area contributed by atoms with Crippen molar-refractivity contribution in [3.63, 3.8) is 0 Å². The molecule has 0 spiro atoms. The number of thiophene rings is 1. The van der Waals surface area contributed by atoms with Crippen molar-refractivity contribution in [3.8, 4) is 10.8 Å². The summed E-state index contributed by atoms with van der Waals surface area (Å²) in [5.41, 5.74) is 0.773. The molecule has 1 saturated carbocycles. The predicted molar refractivity (Wildman–Crippen MR) is 73.6 cm³/mol. The average molecular weight is 276 g/mol. The molecule has 1 aliphatic rings. The van der Waals surface area contributed by atoms with Gasteiger partial charge in [0.1, 0.15) is 6.26 Å². The van der Waals surface area contributed by atoms with Gasteiger partial charge in [0.2, 0.25) is 11.8 Å². The molecule has 2 aromatic heterocycles. The minimum atomic E-state index is 0.151. The molecule has 1 aliphatic carbocycles. The fourth-order valence-electron chi connectivity index (χ4n) is 2.41. The number of nitrogens with zero attached hydrogens (tertiary/aromatic N) is 1. The normalized spacial score (nSPS) is 15.8. The van der Waals surface area contributed by atoms with Crippen LogP contribution in [0.1, 0.15) is 31.4 Å². The first-order valence-corrected chi connectivity index (χ1v) is 7.47. The lowest BCUT2D eigenvalue weighted by Gasteiger charge is -2.08. The van der Waals surface area contributed by atoms with Gasteiger partial charge in [-0.2, -0.15) is 0 Å². The SMILES string of the molecule is O=C(NCc1coc(-c2cccs2)n1)C1CCCC1. The maximum Gasteiger partial charge on any atom is 0.236 e. The number of hydrogen-bond donors (Lipinski definition) is 1. The molecule has 0 aliphatic heterocycles. The second kappa shape index (κ2) is 5.57. The van der Waals surface area contributed by atoms with E-state index in [0.29, 0.717) is 12.4 Å². The summed E-state index contributed by atoms with van der Waals surface area (Å²) >= 11 is 1.59. The summed E-state index contributed by atoms with van der Waals surface area (Å²) in [6, 6.07) is 3.93. The predicted octanol–water partition coefficient (Wildman–Crippen LogP) is 3.21. The van der Waals surface area contributed by atoms with Gasteiger partial charge in [0, 0.05) is 5.92 Å². The van der Waals surface area contributed by atoms with Crippen LogP contribution in [-0.2, 0) is 11.3 Å². The number of hydrogen-bond acceptors (Lipinski definition) is 4. The number of carbonyl (C=O) groups is 1. The zero-order valence-electron chi connectivity index (χ0n) is 10.6. The third kappa shape index (κ3) is 2.87. The Balaban J connectivity index is 1.57. The molecular formula is C14H16N2O2S. The molecule has 0 unspecified atom stereocenters. The number of nitrogens with one attached hydrogen (secondary N) is 1. The van der Waals surface area contributed by atoms with Gasteiger partial charge in [-0.25, -0.2) is 4.98 Å². The van der Waals surface area contributed by atoms with E-state index in [0.717, 1.165) is 23.4 Å². The molecule has 0 atom stereocenters.